The van der Waals surface area contributed by atoms with Gasteiger partial charge < -0.3 is 19.2 Å². The van der Waals surface area contributed by atoms with Gasteiger partial charge in [-0.2, -0.15) is 13.2 Å². The Morgan fingerprint density at radius 3 is 2.23 bits per heavy atom. The van der Waals surface area contributed by atoms with Crippen LogP contribution in [0.3, 0.4) is 0 Å². The van der Waals surface area contributed by atoms with E-state index in [0.29, 0.717) is 12.5 Å². The van der Waals surface area contributed by atoms with E-state index in [4.69, 9.17) is 9.15 Å². The van der Waals surface area contributed by atoms with Gasteiger partial charge in [-0.1, -0.05) is 26.8 Å². The van der Waals surface area contributed by atoms with Crippen molar-refractivity contribution >= 4 is 23.2 Å². The summed E-state index contributed by atoms with van der Waals surface area (Å²) in [7, 11) is 1.27. The first kappa shape index (κ1) is 33.5. The Morgan fingerprint density at radius 1 is 1.05 bits per heavy atom. The number of rotatable bonds is 7. The van der Waals surface area contributed by atoms with Crippen LogP contribution in [0.4, 0.5) is 17.6 Å². The molecule has 0 spiro atoms. The molecule has 1 aliphatic heterocycles. The first-order chi connectivity index (χ1) is 20.2. The zero-order valence-electron chi connectivity index (χ0n) is 25.6. The number of hydrogen-bond acceptors (Lipinski definition) is 9. The number of halogens is 4. The Bertz CT molecular complexity index is 1530. The molecule has 1 N–H and O–H groups in total. The molecule has 3 aromatic rings. The summed E-state index contributed by atoms with van der Waals surface area (Å²) in [5, 5.41) is 18.8. The van der Waals surface area contributed by atoms with Crippen LogP contribution >= 0.6 is 11.3 Å². The maximum Gasteiger partial charge on any atom is 0.421 e. The van der Waals surface area contributed by atoms with Gasteiger partial charge in [-0.05, 0) is 67.9 Å². The van der Waals surface area contributed by atoms with Crippen LogP contribution in [-0.4, -0.2) is 69.6 Å². The van der Waals surface area contributed by atoms with Crippen molar-refractivity contribution in [3.05, 3.63) is 40.9 Å². The number of benzene rings is 1. The molecule has 240 valence electrons. The quantitative estimate of drug-likeness (QED) is 0.238. The van der Waals surface area contributed by atoms with Crippen LogP contribution in [0.25, 0.3) is 21.3 Å². The standard InChI is InChI=1S/C30H36F4N4O5S/c1-27(2,3)17-12-16(13-18(14-17)29(6,41)30(32,33)34)22-21(25(39)38-10-8-19(31)9-11-38)35-24(44-22)23-37-36-20(43-23)15-28(4,5)26(40)42-7/h12-14,19,41H,8-11,15H2,1-7H3. The van der Waals surface area contributed by atoms with Gasteiger partial charge in [-0.15, -0.1) is 21.5 Å². The third-order valence-corrected chi connectivity index (χ3v) is 8.79. The molecule has 2 aromatic heterocycles. The minimum atomic E-state index is -4.98. The third kappa shape index (κ3) is 6.80. The van der Waals surface area contributed by atoms with E-state index in [-0.39, 0.29) is 65.3 Å². The van der Waals surface area contributed by atoms with Crippen LogP contribution in [0, 0.1) is 5.41 Å². The van der Waals surface area contributed by atoms with Crippen LogP contribution < -0.4 is 0 Å². The zero-order valence-corrected chi connectivity index (χ0v) is 26.5. The van der Waals surface area contributed by atoms with Gasteiger partial charge in [0.05, 0.1) is 17.4 Å². The number of aromatic nitrogens is 3. The number of piperidine rings is 1. The Labute approximate surface area is 256 Å². The molecule has 1 fully saturated rings. The van der Waals surface area contributed by atoms with Crippen molar-refractivity contribution in [1.29, 1.82) is 0 Å². The highest BCUT2D eigenvalue weighted by Crippen LogP contribution is 2.44. The molecule has 4 rings (SSSR count). The van der Waals surface area contributed by atoms with E-state index in [1.165, 1.54) is 24.1 Å². The summed E-state index contributed by atoms with van der Waals surface area (Å²) in [4.78, 5) is 32.1. The van der Waals surface area contributed by atoms with Crippen molar-refractivity contribution in [3.63, 3.8) is 0 Å². The Hall–Kier alpha value is -3.39. The highest BCUT2D eigenvalue weighted by Gasteiger charge is 2.51. The van der Waals surface area contributed by atoms with Crippen molar-refractivity contribution in [2.24, 2.45) is 5.41 Å². The van der Waals surface area contributed by atoms with Gasteiger partial charge in [0.1, 0.15) is 11.9 Å². The first-order valence-electron chi connectivity index (χ1n) is 14.1. The number of amides is 1. The number of nitrogens with zero attached hydrogens (tertiary/aromatic N) is 4. The molecule has 14 heteroatoms. The summed E-state index contributed by atoms with van der Waals surface area (Å²) in [6.45, 7) is 9.73. The topological polar surface area (TPSA) is 119 Å². The summed E-state index contributed by atoms with van der Waals surface area (Å²) >= 11 is 0.963. The van der Waals surface area contributed by atoms with Gasteiger partial charge >= 0.3 is 12.1 Å². The molecule has 1 unspecified atom stereocenters. The lowest BCUT2D eigenvalue weighted by atomic mass is 9.82. The molecule has 1 saturated heterocycles. The van der Waals surface area contributed by atoms with Crippen molar-refractivity contribution in [1.82, 2.24) is 20.1 Å². The molecule has 1 aliphatic rings. The summed E-state index contributed by atoms with van der Waals surface area (Å²) in [6, 6.07) is 4.17. The van der Waals surface area contributed by atoms with E-state index in [2.05, 4.69) is 15.2 Å². The Morgan fingerprint density at radius 2 is 1.66 bits per heavy atom. The normalized spacial score (nSPS) is 16.6. The van der Waals surface area contributed by atoms with E-state index >= 15 is 0 Å². The predicted molar refractivity (Wildman–Crippen MR) is 155 cm³/mol. The van der Waals surface area contributed by atoms with Gasteiger partial charge in [0.15, 0.2) is 10.6 Å². The molecule has 0 radical (unpaired) electrons. The molecule has 44 heavy (non-hydrogen) atoms. The Kier molecular flexibility index (Phi) is 9.02. The maximum absolute atomic E-state index is 14.0. The highest BCUT2D eigenvalue weighted by molar-refractivity contribution is 7.18. The molecule has 9 nitrogen and oxygen atoms in total. The predicted octanol–water partition coefficient (Wildman–Crippen LogP) is 6.24. The van der Waals surface area contributed by atoms with Crippen molar-refractivity contribution in [2.75, 3.05) is 20.2 Å². The van der Waals surface area contributed by atoms with E-state index in [1.54, 1.807) is 19.9 Å². The molecular weight excluding hydrogens is 604 g/mol. The van der Waals surface area contributed by atoms with Crippen LogP contribution in [0.1, 0.15) is 81.9 Å². The van der Waals surface area contributed by atoms with Gasteiger partial charge in [0, 0.05) is 19.5 Å². The number of esters is 1. The average Bonchev–Trinajstić information content (AvgIpc) is 3.58. The average molecular weight is 641 g/mol. The number of ether oxygens (including phenoxy) is 1. The van der Waals surface area contributed by atoms with Gasteiger partial charge in [-0.3, -0.25) is 9.59 Å². The van der Waals surface area contributed by atoms with Crippen molar-refractivity contribution in [2.45, 2.75) is 84.2 Å². The lowest BCUT2D eigenvalue weighted by molar-refractivity contribution is -0.258. The highest BCUT2D eigenvalue weighted by atomic mass is 32.1. The minimum absolute atomic E-state index is 0.0529. The van der Waals surface area contributed by atoms with E-state index in [1.807, 2.05) is 20.8 Å². The number of carbonyl (C=O) groups is 2. The number of carbonyl (C=O) groups excluding carboxylic acids is 2. The molecular formula is C30H36F4N4O5S. The molecule has 0 aliphatic carbocycles. The summed E-state index contributed by atoms with van der Waals surface area (Å²) in [6.07, 6.45) is -5.66. The number of alkyl halides is 4. The van der Waals surface area contributed by atoms with Crippen LogP contribution in [0.15, 0.2) is 22.6 Å². The second-order valence-electron chi connectivity index (χ2n) is 12.8. The number of aliphatic hydroxyl groups is 1. The van der Waals surface area contributed by atoms with Gasteiger partial charge in [0.25, 0.3) is 11.8 Å². The van der Waals surface area contributed by atoms with Crippen LogP contribution in [-0.2, 0) is 27.0 Å². The van der Waals surface area contributed by atoms with E-state index in [9.17, 15) is 32.3 Å². The SMILES string of the molecule is COC(=O)C(C)(C)Cc1nnc(-c2nc(C(=O)N3CCC(F)CC3)c(-c3cc(C(C)(C)C)cc(C(C)(O)C(F)(F)F)c3)s2)o1. The van der Waals surface area contributed by atoms with Gasteiger partial charge in [0.2, 0.25) is 5.89 Å². The van der Waals surface area contributed by atoms with Crippen molar-refractivity contribution < 1.29 is 41.4 Å². The molecule has 3 heterocycles. The van der Waals surface area contributed by atoms with E-state index in [0.717, 1.165) is 11.3 Å². The molecule has 1 atom stereocenters. The van der Waals surface area contributed by atoms with Gasteiger partial charge in [-0.25, -0.2) is 9.37 Å². The summed E-state index contributed by atoms with van der Waals surface area (Å²) in [5.74, 6) is -0.944. The zero-order chi connectivity index (χ0) is 32.8. The fourth-order valence-corrected chi connectivity index (χ4v) is 5.69. The lowest BCUT2D eigenvalue weighted by Crippen LogP contribution is -2.39. The molecule has 0 bridgehead atoms. The largest absolute Gasteiger partial charge is 0.469 e. The van der Waals surface area contributed by atoms with Crippen LogP contribution in [0.5, 0.6) is 0 Å². The number of methoxy groups -OCH3 is 1. The monoisotopic (exact) mass is 640 g/mol. The second-order valence-corrected chi connectivity index (χ2v) is 13.8. The first-order valence-corrected chi connectivity index (χ1v) is 14.9. The second kappa shape index (κ2) is 11.8. The smallest absolute Gasteiger partial charge is 0.421 e. The summed E-state index contributed by atoms with van der Waals surface area (Å²) in [5.41, 5.74) is -4.53. The molecule has 0 saturated carbocycles. The Balaban J connectivity index is 1.87. The fourth-order valence-electron chi connectivity index (χ4n) is 4.73. The maximum atomic E-state index is 14.0. The minimum Gasteiger partial charge on any atom is -0.469 e. The van der Waals surface area contributed by atoms with Crippen LogP contribution in [0.2, 0.25) is 0 Å². The number of thiazole rings is 1. The third-order valence-electron chi connectivity index (χ3n) is 7.70. The molecule has 1 aromatic carbocycles. The summed E-state index contributed by atoms with van der Waals surface area (Å²) < 4.78 is 66.4. The number of likely N-dealkylation sites (tertiary alicyclic amines) is 1. The van der Waals surface area contributed by atoms with Crippen molar-refractivity contribution in [3.8, 4) is 21.3 Å². The lowest BCUT2D eigenvalue weighted by Gasteiger charge is -2.30. The fraction of sp³-hybridized carbons (Fsp3) is 0.567. The van der Waals surface area contributed by atoms with E-state index < -0.39 is 46.2 Å². The molecule has 1 amide bonds. The number of hydrogen-bond donors (Lipinski definition) is 1.